The van der Waals surface area contributed by atoms with Crippen LogP contribution in [0.3, 0.4) is 0 Å². The van der Waals surface area contributed by atoms with Gasteiger partial charge in [0.05, 0.1) is 0 Å². The normalized spacial score (nSPS) is 12.4. The predicted octanol–water partition coefficient (Wildman–Crippen LogP) is 2.90. The van der Waals surface area contributed by atoms with Gasteiger partial charge in [-0.1, -0.05) is 38.3 Å². The van der Waals surface area contributed by atoms with Crippen molar-refractivity contribution in [3.8, 4) is 0 Å². The van der Waals surface area contributed by atoms with Gasteiger partial charge in [-0.3, -0.25) is 0 Å². The Morgan fingerprint density at radius 2 is 2.08 bits per heavy atom. The van der Waals surface area contributed by atoms with Crippen molar-refractivity contribution < 1.29 is 0 Å². The van der Waals surface area contributed by atoms with Crippen molar-refractivity contribution in [1.82, 2.24) is 5.32 Å². The van der Waals surface area contributed by atoms with E-state index in [1.54, 1.807) is 0 Å². The van der Waals surface area contributed by atoms with E-state index in [-0.39, 0.29) is 0 Å². The summed E-state index contributed by atoms with van der Waals surface area (Å²) in [5, 5.41) is 3.34. The summed E-state index contributed by atoms with van der Waals surface area (Å²) < 4.78 is 0. The minimum Gasteiger partial charge on any atom is -0.307 e. The molecule has 0 saturated heterocycles. The average molecular weight is 167 g/mol. The molecule has 1 nitrogen and oxygen atoms in total. The fourth-order valence-electron chi connectivity index (χ4n) is 1.15. The lowest BCUT2D eigenvalue weighted by molar-refractivity contribution is 0.547. The molecule has 70 valence electrons. The number of unbranched alkanes of at least 4 members (excludes halogenated alkanes) is 2. The van der Waals surface area contributed by atoms with Crippen molar-refractivity contribution in [2.24, 2.45) is 0 Å². The van der Waals surface area contributed by atoms with E-state index in [0.717, 1.165) is 6.54 Å². The van der Waals surface area contributed by atoms with Crippen molar-refractivity contribution >= 4 is 0 Å². The molecule has 0 saturated carbocycles. The van der Waals surface area contributed by atoms with Crippen LogP contribution < -0.4 is 5.32 Å². The van der Waals surface area contributed by atoms with E-state index in [1.165, 1.54) is 25.7 Å². The summed E-state index contributed by atoms with van der Waals surface area (Å²) in [5.41, 5.74) is 0. The molecule has 1 atom stereocenters. The molecule has 0 aliphatic heterocycles. The van der Waals surface area contributed by atoms with Crippen molar-refractivity contribution in [1.29, 1.82) is 0 Å². The fourth-order valence-corrected chi connectivity index (χ4v) is 1.15. The summed E-state index contributed by atoms with van der Waals surface area (Å²) in [6, 6.07) is 0.467. The quantitative estimate of drug-likeness (QED) is 0.433. The van der Waals surface area contributed by atoms with Crippen LogP contribution in [-0.2, 0) is 0 Å². The van der Waals surface area contributed by atoms with Crippen LogP contribution in [0.4, 0.5) is 0 Å². The molecule has 0 radical (unpaired) electrons. The molecule has 1 N–H and O–H groups in total. The van der Waals surface area contributed by atoms with Crippen LogP contribution in [-0.4, -0.2) is 12.6 Å². The van der Waals surface area contributed by atoms with Crippen LogP contribution in [0.2, 0.25) is 0 Å². The molecule has 12 heavy (non-hydrogen) atoms. The van der Waals surface area contributed by atoms with Gasteiger partial charge in [0.1, 0.15) is 0 Å². The van der Waals surface area contributed by atoms with Crippen molar-refractivity contribution in [3.05, 3.63) is 25.3 Å². The lowest BCUT2D eigenvalue weighted by Crippen LogP contribution is -2.26. The van der Waals surface area contributed by atoms with E-state index in [2.05, 4.69) is 25.4 Å². The topological polar surface area (TPSA) is 12.0 Å². The molecule has 0 rings (SSSR count). The first-order chi connectivity index (χ1) is 5.85. The molecule has 0 aromatic carbocycles. The molecule has 0 aromatic heterocycles. The van der Waals surface area contributed by atoms with Gasteiger partial charge >= 0.3 is 0 Å². The van der Waals surface area contributed by atoms with E-state index in [9.17, 15) is 0 Å². The van der Waals surface area contributed by atoms with Crippen molar-refractivity contribution in [2.75, 3.05) is 6.54 Å². The lowest BCUT2D eigenvalue weighted by Gasteiger charge is -2.12. The first-order valence-corrected chi connectivity index (χ1v) is 4.82. The Morgan fingerprint density at radius 3 is 2.58 bits per heavy atom. The largest absolute Gasteiger partial charge is 0.307 e. The summed E-state index contributed by atoms with van der Waals surface area (Å²) in [5.74, 6) is 0. The standard InChI is InChI=1S/C11H21N/c1-4-7-8-9-11(6-3)12-10-5-2/h5-6,11-12H,2-4,7-10H2,1H3. The molecular weight excluding hydrogens is 146 g/mol. The van der Waals surface area contributed by atoms with E-state index < -0.39 is 0 Å². The highest BCUT2D eigenvalue weighted by molar-refractivity contribution is 4.87. The second-order valence-corrected chi connectivity index (χ2v) is 3.03. The Balaban J connectivity index is 3.38. The summed E-state index contributed by atoms with van der Waals surface area (Å²) in [7, 11) is 0. The second-order valence-electron chi connectivity index (χ2n) is 3.03. The smallest absolute Gasteiger partial charge is 0.0250 e. The Labute approximate surface area is 76.6 Å². The number of nitrogens with one attached hydrogen (secondary N) is 1. The van der Waals surface area contributed by atoms with Crippen LogP contribution in [0.5, 0.6) is 0 Å². The van der Waals surface area contributed by atoms with Gasteiger partial charge in [-0.05, 0) is 6.42 Å². The first kappa shape index (κ1) is 11.4. The molecule has 0 aliphatic rings. The van der Waals surface area contributed by atoms with Crippen LogP contribution >= 0.6 is 0 Å². The van der Waals surface area contributed by atoms with Crippen LogP contribution in [0, 0.1) is 0 Å². The SMILES string of the molecule is C=CCNC(C=C)CCCCC. The third-order valence-corrected chi connectivity index (χ3v) is 1.93. The Kier molecular flexibility index (Phi) is 8.14. The molecule has 0 aromatic rings. The summed E-state index contributed by atoms with van der Waals surface area (Å²) in [4.78, 5) is 0. The maximum atomic E-state index is 3.80. The predicted molar refractivity (Wildman–Crippen MR) is 56.3 cm³/mol. The van der Waals surface area contributed by atoms with Gasteiger partial charge in [0, 0.05) is 12.6 Å². The third-order valence-electron chi connectivity index (χ3n) is 1.93. The molecule has 0 spiro atoms. The highest BCUT2D eigenvalue weighted by Crippen LogP contribution is 2.03. The van der Waals surface area contributed by atoms with Gasteiger partial charge < -0.3 is 5.32 Å². The van der Waals surface area contributed by atoms with Gasteiger partial charge in [0.25, 0.3) is 0 Å². The number of rotatable bonds is 8. The van der Waals surface area contributed by atoms with Gasteiger partial charge in [0.2, 0.25) is 0 Å². The van der Waals surface area contributed by atoms with E-state index in [4.69, 9.17) is 0 Å². The minimum atomic E-state index is 0.467. The van der Waals surface area contributed by atoms with Crippen molar-refractivity contribution in [2.45, 2.75) is 38.6 Å². The molecule has 0 aliphatic carbocycles. The molecular formula is C11H21N. The van der Waals surface area contributed by atoms with Crippen molar-refractivity contribution in [3.63, 3.8) is 0 Å². The zero-order chi connectivity index (χ0) is 9.23. The zero-order valence-electron chi connectivity index (χ0n) is 8.18. The summed E-state index contributed by atoms with van der Waals surface area (Å²) in [6.45, 7) is 10.6. The van der Waals surface area contributed by atoms with Crippen LogP contribution in [0.15, 0.2) is 25.3 Å². The maximum absolute atomic E-state index is 3.80. The van der Waals surface area contributed by atoms with Crippen LogP contribution in [0.25, 0.3) is 0 Å². The summed E-state index contributed by atoms with van der Waals surface area (Å²) >= 11 is 0. The van der Waals surface area contributed by atoms with E-state index in [1.807, 2.05) is 12.2 Å². The van der Waals surface area contributed by atoms with Gasteiger partial charge in [-0.15, -0.1) is 13.2 Å². The average Bonchev–Trinajstić information content (AvgIpc) is 2.11. The van der Waals surface area contributed by atoms with E-state index in [0.29, 0.717) is 6.04 Å². The lowest BCUT2D eigenvalue weighted by atomic mass is 10.1. The van der Waals surface area contributed by atoms with Gasteiger partial charge in [0.15, 0.2) is 0 Å². The monoisotopic (exact) mass is 167 g/mol. The molecule has 1 heteroatoms. The molecule has 0 heterocycles. The summed E-state index contributed by atoms with van der Waals surface area (Å²) in [6.07, 6.45) is 8.96. The van der Waals surface area contributed by atoms with E-state index >= 15 is 0 Å². The second kappa shape index (κ2) is 8.54. The highest BCUT2D eigenvalue weighted by Gasteiger charge is 1.99. The Bertz CT molecular complexity index is 118. The Hall–Kier alpha value is -0.560. The Morgan fingerprint density at radius 1 is 1.33 bits per heavy atom. The van der Waals surface area contributed by atoms with Gasteiger partial charge in [-0.2, -0.15) is 0 Å². The number of hydrogen-bond donors (Lipinski definition) is 1. The molecule has 1 unspecified atom stereocenters. The number of hydrogen-bond acceptors (Lipinski definition) is 1. The first-order valence-electron chi connectivity index (χ1n) is 4.82. The van der Waals surface area contributed by atoms with Gasteiger partial charge in [-0.25, -0.2) is 0 Å². The maximum Gasteiger partial charge on any atom is 0.0250 e. The molecule has 0 amide bonds. The molecule has 0 bridgehead atoms. The minimum absolute atomic E-state index is 0.467. The third kappa shape index (κ3) is 6.17. The zero-order valence-corrected chi connectivity index (χ0v) is 8.18. The van der Waals surface area contributed by atoms with Crippen LogP contribution in [0.1, 0.15) is 32.6 Å². The molecule has 0 fully saturated rings. The fraction of sp³-hybridized carbons (Fsp3) is 0.636. The highest BCUT2D eigenvalue weighted by atomic mass is 14.9.